The van der Waals surface area contributed by atoms with Gasteiger partial charge in [0.2, 0.25) is 0 Å². The first kappa shape index (κ1) is 15.7. The fourth-order valence-corrected chi connectivity index (χ4v) is 0. The Kier molecular flexibility index (Phi) is 10.3. The molecule has 5 nitrogen and oxygen atoms in total. The summed E-state index contributed by atoms with van der Waals surface area (Å²) >= 11 is -5.38. The van der Waals surface area contributed by atoms with Crippen LogP contribution in [0.2, 0.25) is 0 Å². The van der Waals surface area contributed by atoms with Crippen LogP contribution in [0.15, 0.2) is 0 Å². The van der Waals surface area contributed by atoms with Gasteiger partial charge in [-0.2, -0.15) is 0 Å². The van der Waals surface area contributed by atoms with E-state index < -0.39 is 13.0 Å². The molecule has 0 bridgehead atoms. The van der Waals surface area contributed by atoms with Gasteiger partial charge in [-0.15, -0.1) is 0 Å². The van der Waals surface area contributed by atoms with Gasteiger partial charge in [-0.3, -0.25) is 0 Å². The maximum Gasteiger partial charge on any atom is 0 e. The molecule has 0 aromatic carbocycles. The summed E-state index contributed by atoms with van der Waals surface area (Å²) in [5.74, 6) is 0. The van der Waals surface area contributed by atoms with E-state index in [1.165, 1.54) is 0 Å². The van der Waals surface area contributed by atoms with Gasteiger partial charge in [-0.25, -0.2) is 0 Å². The Morgan fingerprint density at radius 1 is 1.14 bits per heavy atom. The third-order valence-electron chi connectivity index (χ3n) is 0. The van der Waals surface area contributed by atoms with E-state index in [-0.39, 0.29) is 25.0 Å². The molecule has 7 heavy (non-hydrogen) atoms. The third kappa shape index (κ3) is 601. The number of hydrogen-bond acceptors (Lipinski definition) is 3. The van der Waals surface area contributed by atoms with Crippen molar-refractivity contribution >= 4 is 0 Å². The van der Waals surface area contributed by atoms with Crippen LogP contribution in [0.1, 0.15) is 0 Å². The zero-order chi connectivity index (χ0) is 4.50. The molecular formula is H3MnO5Zn. The largest absolute Gasteiger partial charge is 0 e. The second kappa shape index (κ2) is 4.62. The van der Waals surface area contributed by atoms with E-state index in [1.54, 1.807) is 0 Å². The Morgan fingerprint density at radius 3 is 1.14 bits per heavy atom. The summed E-state index contributed by atoms with van der Waals surface area (Å²) in [5, 5.41) is 0. The van der Waals surface area contributed by atoms with Gasteiger partial charge >= 0.3 is 28.7 Å². The van der Waals surface area contributed by atoms with Gasteiger partial charge in [0.15, 0.2) is 0 Å². The Morgan fingerprint density at radius 2 is 1.14 bits per heavy atom. The van der Waals surface area contributed by atoms with Gasteiger partial charge in [-0.05, 0) is 0 Å². The van der Waals surface area contributed by atoms with E-state index in [9.17, 15) is 0 Å². The molecule has 0 aromatic heterocycles. The van der Waals surface area contributed by atoms with Crippen LogP contribution in [0.4, 0.5) is 0 Å². The Hall–Kier alpha value is 0.463. The van der Waals surface area contributed by atoms with E-state index >= 15 is 0 Å². The van der Waals surface area contributed by atoms with Gasteiger partial charge in [0.25, 0.3) is 0 Å². The fraction of sp³-hybridized carbons (Fsp3) is 0. The molecule has 3 N–H and O–H groups in total. The van der Waals surface area contributed by atoms with Crippen LogP contribution >= 0.6 is 0 Å². The van der Waals surface area contributed by atoms with Crippen LogP contribution in [0.25, 0.3) is 0 Å². The molecule has 0 unspecified atom stereocenters. The van der Waals surface area contributed by atoms with Gasteiger partial charge in [-0.1, -0.05) is 0 Å². The van der Waals surface area contributed by atoms with Crippen LogP contribution in [0, 0.1) is 0 Å². The smallest absolute Gasteiger partial charge is 0 e. The molecule has 0 saturated heterocycles. The van der Waals surface area contributed by atoms with E-state index in [1.807, 2.05) is 0 Å². The predicted octanol–water partition coefficient (Wildman–Crippen LogP) is -1.74. The van der Waals surface area contributed by atoms with Crippen molar-refractivity contribution in [1.82, 2.24) is 0 Å². The molecule has 0 amide bonds. The zero-order valence-corrected chi connectivity index (χ0v) is 7.40. The maximum absolute atomic E-state index is 8.69. The first-order valence-electron chi connectivity index (χ1n) is 0.632. The average Bonchev–Trinajstić information content (AvgIpc) is 0.722. The molecular weight excluding hydrogens is 200 g/mol. The Balaban J connectivity index is -0.0000000800. The van der Waals surface area contributed by atoms with Crippen molar-refractivity contribution in [2.45, 2.75) is 0 Å². The Bertz CT molecular complexity index is 129. The van der Waals surface area contributed by atoms with E-state index in [0.29, 0.717) is 0 Å². The fourth-order valence-electron chi connectivity index (χ4n) is 0. The molecule has 0 aromatic rings. The van der Waals surface area contributed by atoms with E-state index in [4.69, 9.17) is 15.7 Å². The summed E-state index contributed by atoms with van der Waals surface area (Å²) in [4.78, 5) is 0. The summed E-state index contributed by atoms with van der Waals surface area (Å²) < 4.78 is 33.1. The molecule has 0 heterocycles. The van der Waals surface area contributed by atoms with Crippen molar-refractivity contribution in [3.05, 3.63) is 0 Å². The summed E-state index contributed by atoms with van der Waals surface area (Å²) in [6.07, 6.45) is 0. The molecule has 0 aliphatic heterocycles. The van der Waals surface area contributed by atoms with Crippen LogP contribution in [-0.4, -0.2) is 9.67 Å². The van der Waals surface area contributed by atoms with Gasteiger partial charge < -0.3 is 5.48 Å². The average molecular weight is 203 g/mol. The molecule has 0 saturated carbocycles. The molecule has 0 aliphatic rings. The van der Waals surface area contributed by atoms with Crippen molar-refractivity contribution in [2.75, 3.05) is 0 Å². The maximum atomic E-state index is 8.69. The van der Waals surface area contributed by atoms with Crippen molar-refractivity contribution in [3.8, 4) is 0 Å². The molecule has 0 radical (unpaired) electrons. The minimum Gasteiger partial charge on any atom is 0 e. The molecule has 7 heteroatoms. The van der Waals surface area contributed by atoms with Gasteiger partial charge in [0.1, 0.15) is 0 Å². The summed E-state index contributed by atoms with van der Waals surface area (Å²) in [5.41, 5.74) is 0. The minimum atomic E-state index is -5.38. The first-order chi connectivity index (χ1) is 2.00. The topological polar surface area (TPSA) is 103 Å². The molecule has 0 atom stereocenters. The van der Waals surface area contributed by atoms with Crippen LogP contribution in [-0.2, 0) is 44.0 Å². The van der Waals surface area contributed by atoms with Gasteiger partial charge in [0.05, 0.1) is 0 Å². The van der Waals surface area contributed by atoms with Gasteiger partial charge in [0, 0.05) is 19.5 Å². The molecule has 42 valence electrons. The number of rotatable bonds is 0. The van der Waals surface area contributed by atoms with Crippen molar-refractivity contribution in [1.29, 1.82) is 0 Å². The monoisotopic (exact) mass is 202 g/mol. The van der Waals surface area contributed by atoms with Crippen molar-refractivity contribution < 1.29 is 53.6 Å². The van der Waals surface area contributed by atoms with Crippen LogP contribution in [0.5, 0.6) is 0 Å². The van der Waals surface area contributed by atoms with Crippen LogP contribution in [0.3, 0.4) is 0 Å². The third-order valence-corrected chi connectivity index (χ3v) is 0. The Labute approximate surface area is 53.9 Å². The van der Waals surface area contributed by atoms with E-state index in [0.717, 1.165) is 0 Å². The van der Waals surface area contributed by atoms with E-state index in [2.05, 4.69) is 0 Å². The summed E-state index contributed by atoms with van der Waals surface area (Å²) in [6, 6.07) is 0. The zero-order valence-electron chi connectivity index (χ0n) is 3.26. The normalized spacial score (nSPS) is 8.14. The quantitative estimate of drug-likeness (QED) is 0.472. The van der Waals surface area contributed by atoms with Crippen LogP contribution < -0.4 is 0 Å². The standard InChI is InChI=1S/Mn.2H2O.3O.Zn/h;2*1H2;;;;/q+1;;;;;;/p-1. The molecule has 0 spiro atoms. The number of hydrogen-bond donors (Lipinski definition) is 1. The van der Waals surface area contributed by atoms with Crippen molar-refractivity contribution in [3.63, 3.8) is 0 Å². The summed E-state index contributed by atoms with van der Waals surface area (Å²) in [6.45, 7) is 0. The minimum absolute atomic E-state index is 0. The molecule has 0 aliphatic carbocycles. The second-order valence-electron chi connectivity index (χ2n) is 0.396. The second-order valence-corrected chi connectivity index (χ2v) is 1.63. The first-order valence-corrected chi connectivity index (χ1v) is 2.61. The predicted molar refractivity (Wildman–Crippen MR) is 7.89 cm³/mol. The SMILES string of the molecule is O.[O]=[Mn](=[O])(=[O])[OH].[Zn]. The molecule has 0 rings (SSSR count). The molecule has 0 fully saturated rings. The van der Waals surface area contributed by atoms with Crippen molar-refractivity contribution in [2.24, 2.45) is 0 Å². The summed E-state index contributed by atoms with van der Waals surface area (Å²) in [7, 11) is 0.